The third-order valence-corrected chi connectivity index (χ3v) is 2.87. The van der Waals surface area contributed by atoms with E-state index in [9.17, 15) is 0 Å². The first-order chi connectivity index (χ1) is 7.13. The molecule has 3 heteroatoms. The van der Waals surface area contributed by atoms with Crippen molar-refractivity contribution in [2.45, 2.75) is 45.7 Å². The number of hydrogen-bond donors (Lipinski definition) is 2. The van der Waals surface area contributed by atoms with Gasteiger partial charge in [0.2, 0.25) is 0 Å². The van der Waals surface area contributed by atoms with Gasteiger partial charge in [-0.25, -0.2) is 0 Å². The summed E-state index contributed by atoms with van der Waals surface area (Å²) in [5, 5.41) is 12.4. The summed E-state index contributed by atoms with van der Waals surface area (Å²) >= 11 is 0. The van der Waals surface area contributed by atoms with Gasteiger partial charge in [-0.15, -0.1) is 0 Å². The lowest BCUT2D eigenvalue weighted by Gasteiger charge is -2.25. The molecule has 0 aromatic carbocycles. The van der Waals surface area contributed by atoms with Crippen molar-refractivity contribution < 1.29 is 5.11 Å². The summed E-state index contributed by atoms with van der Waals surface area (Å²) in [5.74, 6) is 0.666. The molecule has 0 amide bonds. The summed E-state index contributed by atoms with van der Waals surface area (Å²) in [7, 11) is 0. The van der Waals surface area contributed by atoms with E-state index in [2.05, 4.69) is 31.0 Å². The van der Waals surface area contributed by atoms with Crippen molar-refractivity contribution in [1.29, 1.82) is 0 Å². The van der Waals surface area contributed by atoms with Crippen LogP contribution >= 0.6 is 0 Å². The van der Waals surface area contributed by atoms with Gasteiger partial charge in [0.1, 0.15) is 0 Å². The van der Waals surface area contributed by atoms with Crippen molar-refractivity contribution in [3.63, 3.8) is 0 Å². The second kappa shape index (κ2) is 6.46. The molecule has 1 unspecified atom stereocenters. The average Bonchev–Trinajstić information content (AvgIpc) is 2.97. The predicted molar refractivity (Wildman–Crippen MR) is 64.0 cm³/mol. The second-order valence-corrected chi connectivity index (χ2v) is 5.12. The minimum absolute atomic E-state index is 0.292. The summed E-state index contributed by atoms with van der Waals surface area (Å²) in [6, 6.07) is 1.33. The van der Waals surface area contributed by atoms with Crippen LogP contribution in [-0.2, 0) is 0 Å². The van der Waals surface area contributed by atoms with Crippen molar-refractivity contribution >= 4 is 0 Å². The van der Waals surface area contributed by atoms with E-state index in [4.69, 9.17) is 5.11 Å². The Hall–Kier alpha value is -0.120. The number of nitrogens with zero attached hydrogens (tertiary/aromatic N) is 1. The van der Waals surface area contributed by atoms with Gasteiger partial charge < -0.3 is 10.4 Å². The summed E-state index contributed by atoms with van der Waals surface area (Å²) in [6.45, 7) is 9.97. The van der Waals surface area contributed by atoms with Crippen LogP contribution in [0.4, 0.5) is 0 Å². The highest BCUT2D eigenvalue weighted by Crippen LogP contribution is 2.26. The van der Waals surface area contributed by atoms with E-state index in [1.807, 2.05) is 0 Å². The summed E-state index contributed by atoms with van der Waals surface area (Å²) in [4.78, 5) is 2.44. The Kier molecular flexibility index (Phi) is 5.58. The molecule has 1 fully saturated rings. The van der Waals surface area contributed by atoms with Gasteiger partial charge in [0.05, 0.1) is 6.61 Å². The van der Waals surface area contributed by atoms with E-state index in [0.29, 0.717) is 18.6 Å². The van der Waals surface area contributed by atoms with Crippen molar-refractivity contribution in [1.82, 2.24) is 10.2 Å². The quantitative estimate of drug-likeness (QED) is 0.634. The average molecular weight is 214 g/mol. The molecule has 0 aliphatic heterocycles. The first kappa shape index (κ1) is 12.9. The van der Waals surface area contributed by atoms with Crippen LogP contribution < -0.4 is 5.32 Å². The summed E-state index contributed by atoms with van der Waals surface area (Å²) < 4.78 is 0. The molecule has 0 aromatic heterocycles. The minimum Gasteiger partial charge on any atom is -0.395 e. The molecule has 0 bridgehead atoms. The van der Waals surface area contributed by atoms with Crippen LogP contribution in [0.5, 0.6) is 0 Å². The van der Waals surface area contributed by atoms with Gasteiger partial charge in [-0.3, -0.25) is 4.90 Å². The maximum Gasteiger partial charge on any atom is 0.0558 e. The Morgan fingerprint density at radius 3 is 2.47 bits per heavy atom. The van der Waals surface area contributed by atoms with Gasteiger partial charge in [-0.2, -0.15) is 0 Å². The van der Waals surface area contributed by atoms with Crippen LogP contribution in [0.1, 0.15) is 33.6 Å². The normalized spacial score (nSPS) is 18.8. The third kappa shape index (κ3) is 5.50. The van der Waals surface area contributed by atoms with Gasteiger partial charge in [-0.05, 0) is 25.3 Å². The SMILES string of the molecule is CC(CNC(C)C)CN(CCO)C1CC1. The van der Waals surface area contributed by atoms with Crippen molar-refractivity contribution in [3.8, 4) is 0 Å². The number of aliphatic hydroxyl groups is 1. The highest BCUT2D eigenvalue weighted by Gasteiger charge is 2.29. The highest BCUT2D eigenvalue weighted by molar-refractivity contribution is 4.85. The number of aliphatic hydroxyl groups excluding tert-OH is 1. The molecule has 1 aliphatic carbocycles. The van der Waals surface area contributed by atoms with Gasteiger partial charge in [0.15, 0.2) is 0 Å². The molecule has 1 rings (SSSR count). The van der Waals surface area contributed by atoms with Crippen molar-refractivity contribution in [2.75, 3.05) is 26.2 Å². The van der Waals surface area contributed by atoms with Gasteiger partial charge in [-0.1, -0.05) is 20.8 Å². The van der Waals surface area contributed by atoms with Crippen LogP contribution in [0.25, 0.3) is 0 Å². The number of hydrogen-bond acceptors (Lipinski definition) is 3. The van der Waals surface area contributed by atoms with E-state index in [1.165, 1.54) is 12.8 Å². The molecular weight excluding hydrogens is 188 g/mol. The fourth-order valence-corrected chi connectivity index (χ4v) is 1.89. The third-order valence-electron chi connectivity index (χ3n) is 2.87. The zero-order valence-corrected chi connectivity index (χ0v) is 10.4. The Bertz CT molecular complexity index is 169. The second-order valence-electron chi connectivity index (χ2n) is 5.12. The maximum absolute atomic E-state index is 8.99. The topological polar surface area (TPSA) is 35.5 Å². The Morgan fingerprint density at radius 2 is 2.00 bits per heavy atom. The molecule has 0 aromatic rings. The van der Waals surface area contributed by atoms with Crippen molar-refractivity contribution in [3.05, 3.63) is 0 Å². The molecule has 3 nitrogen and oxygen atoms in total. The van der Waals surface area contributed by atoms with Crippen LogP contribution in [0, 0.1) is 5.92 Å². The molecule has 90 valence electrons. The van der Waals surface area contributed by atoms with Crippen LogP contribution in [0.3, 0.4) is 0 Å². The molecule has 0 saturated heterocycles. The minimum atomic E-state index is 0.292. The lowest BCUT2D eigenvalue weighted by atomic mass is 10.1. The number of rotatable bonds is 8. The molecule has 1 aliphatic rings. The Labute approximate surface area is 93.9 Å². The molecule has 1 saturated carbocycles. The van der Waals surface area contributed by atoms with Crippen molar-refractivity contribution in [2.24, 2.45) is 5.92 Å². The van der Waals surface area contributed by atoms with E-state index in [0.717, 1.165) is 25.7 Å². The van der Waals surface area contributed by atoms with E-state index < -0.39 is 0 Å². The van der Waals surface area contributed by atoms with Crippen LogP contribution in [0.2, 0.25) is 0 Å². The van der Waals surface area contributed by atoms with Gasteiger partial charge in [0.25, 0.3) is 0 Å². The molecule has 0 spiro atoms. The first-order valence-electron chi connectivity index (χ1n) is 6.21. The predicted octanol–water partition coefficient (Wildman–Crippen LogP) is 1.08. The Morgan fingerprint density at radius 1 is 1.33 bits per heavy atom. The zero-order valence-electron chi connectivity index (χ0n) is 10.4. The highest BCUT2D eigenvalue weighted by atomic mass is 16.3. The Balaban J connectivity index is 2.17. The maximum atomic E-state index is 8.99. The monoisotopic (exact) mass is 214 g/mol. The van der Waals surface area contributed by atoms with Crippen LogP contribution in [-0.4, -0.2) is 48.3 Å². The fraction of sp³-hybridized carbons (Fsp3) is 1.00. The zero-order chi connectivity index (χ0) is 11.3. The molecule has 15 heavy (non-hydrogen) atoms. The van der Waals surface area contributed by atoms with E-state index in [-0.39, 0.29) is 0 Å². The molecule has 1 atom stereocenters. The lowest BCUT2D eigenvalue weighted by molar-refractivity contribution is 0.170. The smallest absolute Gasteiger partial charge is 0.0558 e. The molecule has 0 heterocycles. The molecule has 2 N–H and O–H groups in total. The van der Waals surface area contributed by atoms with E-state index in [1.54, 1.807) is 0 Å². The summed E-state index contributed by atoms with van der Waals surface area (Å²) in [6.07, 6.45) is 2.65. The van der Waals surface area contributed by atoms with Gasteiger partial charge in [0, 0.05) is 25.2 Å². The standard InChI is InChI=1S/C12H26N2O/c1-10(2)13-8-11(3)9-14(6-7-15)12-4-5-12/h10-13,15H,4-9H2,1-3H3. The number of nitrogens with one attached hydrogen (secondary N) is 1. The first-order valence-corrected chi connectivity index (χ1v) is 6.21. The fourth-order valence-electron chi connectivity index (χ4n) is 1.89. The van der Waals surface area contributed by atoms with Crippen LogP contribution in [0.15, 0.2) is 0 Å². The molecule has 0 radical (unpaired) electrons. The molecular formula is C12H26N2O. The van der Waals surface area contributed by atoms with E-state index >= 15 is 0 Å². The summed E-state index contributed by atoms with van der Waals surface area (Å²) in [5.41, 5.74) is 0. The largest absolute Gasteiger partial charge is 0.395 e. The lowest BCUT2D eigenvalue weighted by Crippen LogP contribution is -2.38. The van der Waals surface area contributed by atoms with Gasteiger partial charge >= 0.3 is 0 Å².